The monoisotopic (exact) mass is 269 g/mol. The highest BCUT2D eigenvalue weighted by Gasteiger charge is 2.28. The van der Waals surface area contributed by atoms with Crippen LogP contribution in [0.3, 0.4) is 0 Å². The van der Waals surface area contributed by atoms with Gasteiger partial charge < -0.3 is 4.74 Å². The third kappa shape index (κ3) is 2.14. The molecule has 0 aromatic heterocycles. The third-order valence-corrected chi connectivity index (χ3v) is 3.35. The average Bonchev–Trinajstić information content (AvgIpc) is 2.47. The number of ether oxygens (including phenoxy) is 1. The van der Waals surface area contributed by atoms with E-state index in [-0.39, 0.29) is 17.4 Å². The number of hydrogen-bond acceptors (Lipinski definition) is 4. The minimum Gasteiger partial charge on any atom is -0.454 e. The minimum absolute atomic E-state index is 0.0983. The predicted octanol–water partition coefficient (Wildman–Crippen LogP) is 3.05. The van der Waals surface area contributed by atoms with E-state index < -0.39 is 10.9 Å². The first-order chi connectivity index (χ1) is 9.65. The fourth-order valence-corrected chi connectivity index (χ4v) is 2.33. The maximum atomic E-state index is 12.0. The lowest BCUT2D eigenvalue weighted by molar-refractivity contribution is -0.384. The molecule has 0 fully saturated rings. The van der Waals surface area contributed by atoms with Crippen molar-refractivity contribution in [2.75, 3.05) is 0 Å². The van der Waals surface area contributed by atoms with Crippen LogP contribution in [0, 0.1) is 10.1 Å². The zero-order chi connectivity index (χ0) is 14.1. The van der Waals surface area contributed by atoms with Crippen molar-refractivity contribution in [3.63, 3.8) is 0 Å². The van der Waals surface area contributed by atoms with Gasteiger partial charge in [0.05, 0.1) is 10.5 Å². The molecule has 1 heterocycles. The van der Waals surface area contributed by atoms with Gasteiger partial charge in [0.25, 0.3) is 5.69 Å². The fraction of sp³-hybridized carbons (Fsp3) is 0.133. The van der Waals surface area contributed by atoms with Gasteiger partial charge in [0.2, 0.25) is 0 Å². The molecule has 5 nitrogen and oxygen atoms in total. The highest BCUT2D eigenvalue weighted by atomic mass is 16.6. The largest absolute Gasteiger partial charge is 0.454 e. The van der Waals surface area contributed by atoms with Crippen LogP contribution in [-0.2, 0) is 11.2 Å². The van der Waals surface area contributed by atoms with Gasteiger partial charge in [-0.3, -0.25) is 10.1 Å². The Morgan fingerprint density at radius 1 is 1.15 bits per heavy atom. The molecule has 0 amide bonds. The van der Waals surface area contributed by atoms with Crippen molar-refractivity contribution in [3.8, 4) is 0 Å². The molecule has 1 aliphatic rings. The molecule has 2 aromatic carbocycles. The lowest BCUT2D eigenvalue weighted by Crippen LogP contribution is -2.21. The molecule has 0 spiro atoms. The van der Waals surface area contributed by atoms with Crippen LogP contribution in [0.4, 0.5) is 5.69 Å². The lowest BCUT2D eigenvalue weighted by atomic mass is 9.94. The van der Waals surface area contributed by atoms with Gasteiger partial charge >= 0.3 is 5.97 Å². The Kier molecular flexibility index (Phi) is 2.95. The molecule has 1 unspecified atom stereocenters. The Morgan fingerprint density at radius 2 is 1.90 bits per heavy atom. The number of carbonyl (C=O) groups is 1. The second-order valence-electron chi connectivity index (χ2n) is 4.61. The first-order valence-corrected chi connectivity index (χ1v) is 6.18. The van der Waals surface area contributed by atoms with E-state index in [1.165, 1.54) is 12.1 Å². The quantitative estimate of drug-likeness (QED) is 0.477. The Hall–Kier alpha value is -2.69. The van der Waals surface area contributed by atoms with E-state index in [4.69, 9.17) is 4.74 Å². The average molecular weight is 269 g/mol. The number of fused-ring (bicyclic) bond motifs is 1. The summed E-state index contributed by atoms with van der Waals surface area (Å²) in [5, 5.41) is 10.7. The summed E-state index contributed by atoms with van der Waals surface area (Å²) in [6.07, 6.45) is 0.195. The molecule has 1 atom stereocenters. The van der Waals surface area contributed by atoms with Crippen molar-refractivity contribution in [1.82, 2.24) is 0 Å². The van der Waals surface area contributed by atoms with Crippen molar-refractivity contribution in [3.05, 3.63) is 75.3 Å². The summed E-state index contributed by atoms with van der Waals surface area (Å²) < 4.78 is 5.37. The van der Waals surface area contributed by atoms with Gasteiger partial charge in [-0.25, -0.2) is 4.79 Å². The number of carbonyl (C=O) groups excluding carboxylic acids is 1. The zero-order valence-corrected chi connectivity index (χ0v) is 10.5. The number of esters is 1. The molecule has 3 rings (SSSR count). The molecule has 0 bridgehead atoms. The highest BCUT2D eigenvalue weighted by molar-refractivity contribution is 5.93. The smallest absolute Gasteiger partial charge is 0.339 e. The summed E-state index contributed by atoms with van der Waals surface area (Å²) in [4.78, 5) is 22.2. The van der Waals surface area contributed by atoms with Crippen LogP contribution in [0.25, 0.3) is 0 Å². The Bertz CT molecular complexity index is 682. The van der Waals surface area contributed by atoms with E-state index in [0.29, 0.717) is 6.42 Å². The number of nitro groups is 1. The standard InChI is InChI=1S/C15H11NO4/c17-15-13-9-12(16(18)19)7-6-11(13)8-14(20-15)10-4-2-1-3-5-10/h1-7,9,14H,8H2. The van der Waals surface area contributed by atoms with Gasteiger partial charge in [-0.05, 0) is 11.1 Å². The van der Waals surface area contributed by atoms with Crippen molar-refractivity contribution in [2.24, 2.45) is 0 Å². The van der Waals surface area contributed by atoms with Crippen LogP contribution in [-0.4, -0.2) is 10.9 Å². The fourth-order valence-electron chi connectivity index (χ4n) is 2.33. The summed E-state index contributed by atoms with van der Waals surface area (Å²) >= 11 is 0. The number of hydrogen-bond donors (Lipinski definition) is 0. The second-order valence-corrected chi connectivity index (χ2v) is 4.61. The molecule has 5 heteroatoms. The van der Waals surface area contributed by atoms with E-state index in [9.17, 15) is 14.9 Å². The second kappa shape index (κ2) is 4.77. The van der Waals surface area contributed by atoms with E-state index in [1.54, 1.807) is 6.07 Å². The molecule has 0 saturated heterocycles. The van der Waals surface area contributed by atoms with Crippen LogP contribution in [0.1, 0.15) is 27.6 Å². The van der Waals surface area contributed by atoms with Crippen LogP contribution >= 0.6 is 0 Å². The normalized spacial score (nSPS) is 17.2. The highest BCUT2D eigenvalue weighted by Crippen LogP contribution is 2.32. The zero-order valence-electron chi connectivity index (χ0n) is 10.5. The lowest BCUT2D eigenvalue weighted by Gasteiger charge is -2.24. The van der Waals surface area contributed by atoms with Crippen LogP contribution in [0.5, 0.6) is 0 Å². The van der Waals surface area contributed by atoms with Gasteiger partial charge in [-0.1, -0.05) is 36.4 Å². The SMILES string of the molecule is O=C1OC(c2ccccc2)Cc2ccc([N+](=O)[O-])cc21. The summed E-state index contributed by atoms with van der Waals surface area (Å²) in [5.41, 5.74) is 1.88. The summed E-state index contributed by atoms with van der Waals surface area (Å²) in [5.74, 6) is -0.510. The van der Waals surface area contributed by atoms with E-state index in [0.717, 1.165) is 11.1 Å². The van der Waals surface area contributed by atoms with Crippen molar-refractivity contribution in [1.29, 1.82) is 0 Å². The van der Waals surface area contributed by atoms with Gasteiger partial charge in [0.15, 0.2) is 0 Å². The molecule has 0 radical (unpaired) electrons. The molecule has 0 N–H and O–H groups in total. The Labute approximate surface area is 115 Å². The minimum atomic E-state index is -0.517. The molecule has 0 aliphatic carbocycles. The number of nitro benzene ring substituents is 1. The molecule has 2 aromatic rings. The third-order valence-electron chi connectivity index (χ3n) is 3.35. The number of benzene rings is 2. The number of cyclic esters (lactones) is 1. The number of nitrogens with zero attached hydrogens (tertiary/aromatic N) is 1. The first kappa shape index (κ1) is 12.3. The molecule has 100 valence electrons. The van der Waals surface area contributed by atoms with Gasteiger partial charge in [-0.2, -0.15) is 0 Å². The number of non-ortho nitro benzene ring substituents is 1. The van der Waals surface area contributed by atoms with Gasteiger partial charge in [-0.15, -0.1) is 0 Å². The summed E-state index contributed by atoms with van der Waals surface area (Å²) in [6.45, 7) is 0. The van der Waals surface area contributed by atoms with Gasteiger partial charge in [0.1, 0.15) is 6.10 Å². The van der Waals surface area contributed by atoms with Crippen molar-refractivity contribution >= 4 is 11.7 Å². The maximum Gasteiger partial charge on any atom is 0.339 e. The molecule has 20 heavy (non-hydrogen) atoms. The van der Waals surface area contributed by atoms with Crippen molar-refractivity contribution < 1.29 is 14.5 Å². The topological polar surface area (TPSA) is 69.4 Å². The molecule has 1 aliphatic heterocycles. The van der Waals surface area contributed by atoms with Crippen LogP contribution in [0.15, 0.2) is 48.5 Å². The van der Waals surface area contributed by atoms with E-state index >= 15 is 0 Å². The summed E-state index contributed by atoms with van der Waals surface area (Å²) in [7, 11) is 0. The predicted molar refractivity (Wildman–Crippen MR) is 71.4 cm³/mol. The Balaban J connectivity index is 1.96. The number of rotatable bonds is 2. The molecular weight excluding hydrogens is 258 g/mol. The van der Waals surface area contributed by atoms with Gasteiger partial charge in [0, 0.05) is 18.6 Å². The van der Waals surface area contributed by atoms with Crippen LogP contribution in [0.2, 0.25) is 0 Å². The van der Waals surface area contributed by atoms with E-state index in [2.05, 4.69) is 0 Å². The van der Waals surface area contributed by atoms with Crippen LogP contribution < -0.4 is 0 Å². The molecule has 0 saturated carbocycles. The van der Waals surface area contributed by atoms with E-state index in [1.807, 2.05) is 30.3 Å². The van der Waals surface area contributed by atoms with Crippen molar-refractivity contribution in [2.45, 2.75) is 12.5 Å². The first-order valence-electron chi connectivity index (χ1n) is 6.18. The molecular formula is C15H11NO4. The summed E-state index contributed by atoms with van der Waals surface area (Å²) in [6, 6.07) is 13.8. The maximum absolute atomic E-state index is 12.0. The Morgan fingerprint density at radius 3 is 2.60 bits per heavy atom.